The minimum absolute atomic E-state index is 0.514. The van der Waals surface area contributed by atoms with E-state index in [2.05, 4.69) is 25.8 Å². The lowest BCUT2D eigenvalue weighted by molar-refractivity contribution is 0.486. The number of fused-ring (bicyclic) bond motifs is 1. The number of aromatic nitrogens is 1. The molecule has 0 aliphatic carbocycles. The predicted molar refractivity (Wildman–Crippen MR) is 73.2 cm³/mol. The second-order valence-corrected chi connectivity index (χ2v) is 6.15. The minimum atomic E-state index is 0.514. The van der Waals surface area contributed by atoms with Crippen LogP contribution in [-0.4, -0.2) is 10.2 Å². The molecule has 1 aromatic carbocycles. The third-order valence-corrected chi connectivity index (χ3v) is 3.47. The first-order valence-corrected chi connectivity index (χ1v) is 6.75. The maximum Gasteiger partial charge on any atom is 0.256 e. The highest BCUT2D eigenvalue weighted by Gasteiger charge is 2.12. The molecule has 92 valence electrons. The average Bonchev–Trinajstić information content (AvgIpc) is 2.57. The van der Waals surface area contributed by atoms with Crippen molar-refractivity contribution in [1.82, 2.24) is 4.98 Å². The zero-order chi connectivity index (χ0) is 12.4. The molecule has 2 rings (SSSR count). The highest BCUT2D eigenvalue weighted by Crippen LogP contribution is 2.30. The Hall–Kier alpha value is -1.16. The first-order chi connectivity index (χ1) is 8.04. The fourth-order valence-electron chi connectivity index (χ4n) is 1.85. The molecule has 0 aliphatic heterocycles. The number of hydrogen-bond acceptors (Lipinski definition) is 4. The number of nitrogen functional groups attached to an aromatic ring is 1. The highest BCUT2D eigenvalue weighted by atomic mass is 32.2. The normalized spacial score (nSPS) is 13.4. The lowest BCUT2D eigenvalue weighted by Crippen LogP contribution is -2.01. The van der Waals surface area contributed by atoms with Gasteiger partial charge in [0.25, 0.3) is 5.22 Å². The first kappa shape index (κ1) is 12.3. The van der Waals surface area contributed by atoms with E-state index in [0.717, 1.165) is 22.7 Å². The average molecular weight is 250 g/mol. The summed E-state index contributed by atoms with van der Waals surface area (Å²) in [5.41, 5.74) is 8.06. The molecule has 1 atom stereocenters. The highest BCUT2D eigenvalue weighted by molar-refractivity contribution is 7.99. The molecule has 0 bridgehead atoms. The molecule has 0 fully saturated rings. The molecular weight excluding hydrogens is 232 g/mol. The van der Waals surface area contributed by atoms with Gasteiger partial charge in [-0.05, 0) is 24.5 Å². The zero-order valence-corrected chi connectivity index (χ0v) is 11.3. The summed E-state index contributed by atoms with van der Waals surface area (Å²) in [5.74, 6) is 0.692. The van der Waals surface area contributed by atoms with Crippen molar-refractivity contribution in [2.45, 2.75) is 37.7 Å². The van der Waals surface area contributed by atoms with E-state index in [-0.39, 0.29) is 0 Å². The molecule has 1 heterocycles. The van der Waals surface area contributed by atoms with Crippen molar-refractivity contribution in [1.29, 1.82) is 0 Å². The number of benzene rings is 1. The Kier molecular flexibility index (Phi) is 3.62. The van der Waals surface area contributed by atoms with Gasteiger partial charge in [-0.1, -0.05) is 32.5 Å². The molecule has 0 spiro atoms. The van der Waals surface area contributed by atoms with Gasteiger partial charge in [0.05, 0.1) is 0 Å². The Morgan fingerprint density at radius 1 is 1.35 bits per heavy atom. The Labute approximate surface area is 106 Å². The molecule has 0 saturated carbocycles. The van der Waals surface area contributed by atoms with Gasteiger partial charge in [0, 0.05) is 17.0 Å². The molecule has 4 heteroatoms. The zero-order valence-electron chi connectivity index (χ0n) is 10.4. The molecule has 2 aromatic rings. The molecule has 1 unspecified atom stereocenters. The summed E-state index contributed by atoms with van der Waals surface area (Å²) < 4.78 is 5.67. The van der Waals surface area contributed by atoms with Crippen LogP contribution >= 0.6 is 11.8 Å². The van der Waals surface area contributed by atoms with Gasteiger partial charge in [0.2, 0.25) is 0 Å². The van der Waals surface area contributed by atoms with Crippen LogP contribution in [-0.2, 0) is 0 Å². The summed E-state index contributed by atoms with van der Waals surface area (Å²) in [7, 11) is 0. The van der Waals surface area contributed by atoms with Crippen molar-refractivity contribution in [3.8, 4) is 0 Å². The molecule has 1 aromatic heterocycles. The molecule has 0 amide bonds. The van der Waals surface area contributed by atoms with Crippen molar-refractivity contribution in [3.63, 3.8) is 0 Å². The van der Waals surface area contributed by atoms with Gasteiger partial charge < -0.3 is 10.2 Å². The van der Waals surface area contributed by atoms with Gasteiger partial charge >= 0.3 is 0 Å². The van der Waals surface area contributed by atoms with Crippen molar-refractivity contribution in [3.05, 3.63) is 18.2 Å². The third kappa shape index (κ3) is 3.16. The third-order valence-electron chi connectivity index (χ3n) is 2.50. The van der Waals surface area contributed by atoms with E-state index in [1.165, 1.54) is 0 Å². The first-order valence-electron chi connectivity index (χ1n) is 5.87. The Morgan fingerprint density at radius 3 is 2.82 bits per heavy atom. The van der Waals surface area contributed by atoms with Gasteiger partial charge in [0.1, 0.15) is 5.52 Å². The van der Waals surface area contributed by atoms with E-state index in [9.17, 15) is 0 Å². The van der Waals surface area contributed by atoms with E-state index in [1.807, 2.05) is 18.2 Å². The Morgan fingerprint density at radius 2 is 2.12 bits per heavy atom. The number of anilines is 1. The number of hydrogen-bond donors (Lipinski definition) is 1. The van der Waals surface area contributed by atoms with Crippen molar-refractivity contribution in [2.24, 2.45) is 5.92 Å². The lowest BCUT2D eigenvalue weighted by Gasteiger charge is -2.10. The molecule has 3 nitrogen and oxygen atoms in total. The summed E-state index contributed by atoms with van der Waals surface area (Å²) in [4.78, 5) is 4.44. The number of thioether (sulfide) groups is 1. The van der Waals surface area contributed by atoms with E-state index < -0.39 is 0 Å². The van der Waals surface area contributed by atoms with Crippen LogP contribution in [0, 0.1) is 5.92 Å². The largest absolute Gasteiger partial charge is 0.431 e. The van der Waals surface area contributed by atoms with Crippen LogP contribution in [0.1, 0.15) is 27.2 Å². The smallest absolute Gasteiger partial charge is 0.256 e. The number of oxazole rings is 1. The van der Waals surface area contributed by atoms with Crippen LogP contribution in [0.3, 0.4) is 0 Å². The minimum Gasteiger partial charge on any atom is -0.431 e. The summed E-state index contributed by atoms with van der Waals surface area (Å²) in [6, 6.07) is 5.56. The summed E-state index contributed by atoms with van der Waals surface area (Å²) in [5, 5.41) is 1.25. The van der Waals surface area contributed by atoms with E-state index >= 15 is 0 Å². The summed E-state index contributed by atoms with van der Waals surface area (Å²) in [6.45, 7) is 6.65. The van der Waals surface area contributed by atoms with Crippen molar-refractivity contribution >= 4 is 28.5 Å². The summed E-state index contributed by atoms with van der Waals surface area (Å²) >= 11 is 1.68. The SMILES string of the molecule is CC(C)CC(C)Sc1nc2ccc(N)cc2o1. The molecule has 0 radical (unpaired) electrons. The Bertz CT molecular complexity index is 507. The van der Waals surface area contributed by atoms with Crippen LogP contribution in [0.2, 0.25) is 0 Å². The van der Waals surface area contributed by atoms with Gasteiger partial charge in [-0.15, -0.1) is 0 Å². The fraction of sp³-hybridized carbons (Fsp3) is 0.462. The van der Waals surface area contributed by atoms with Crippen molar-refractivity contribution < 1.29 is 4.42 Å². The second-order valence-electron chi connectivity index (χ2n) is 4.76. The fourth-order valence-corrected chi connectivity index (χ4v) is 2.97. The lowest BCUT2D eigenvalue weighted by atomic mass is 10.1. The van der Waals surface area contributed by atoms with Gasteiger partial charge in [-0.25, -0.2) is 4.98 Å². The molecule has 17 heavy (non-hydrogen) atoms. The number of rotatable bonds is 4. The predicted octanol–water partition coefficient (Wildman–Crippen LogP) is 3.94. The van der Waals surface area contributed by atoms with Crippen LogP contribution in [0.15, 0.2) is 27.8 Å². The molecule has 0 aliphatic rings. The second kappa shape index (κ2) is 5.00. The molecular formula is C13H18N2OS. The van der Waals surface area contributed by atoms with Gasteiger partial charge in [-0.2, -0.15) is 0 Å². The standard InChI is InChI=1S/C13H18N2OS/c1-8(2)6-9(3)17-13-15-11-5-4-10(14)7-12(11)16-13/h4-5,7-9H,6,14H2,1-3H3. The van der Waals surface area contributed by atoms with E-state index in [4.69, 9.17) is 10.2 Å². The monoisotopic (exact) mass is 250 g/mol. The number of nitrogens with two attached hydrogens (primary N) is 1. The van der Waals surface area contributed by atoms with Crippen LogP contribution < -0.4 is 5.73 Å². The molecule has 0 saturated heterocycles. The van der Waals surface area contributed by atoms with Gasteiger partial charge in [0.15, 0.2) is 5.58 Å². The Balaban J connectivity index is 2.14. The summed E-state index contributed by atoms with van der Waals surface area (Å²) in [6.07, 6.45) is 1.16. The van der Waals surface area contributed by atoms with Crippen molar-refractivity contribution in [2.75, 3.05) is 5.73 Å². The van der Waals surface area contributed by atoms with E-state index in [1.54, 1.807) is 11.8 Å². The van der Waals surface area contributed by atoms with Crippen LogP contribution in [0.5, 0.6) is 0 Å². The maximum atomic E-state index is 5.71. The van der Waals surface area contributed by atoms with Crippen LogP contribution in [0.25, 0.3) is 11.1 Å². The quantitative estimate of drug-likeness (QED) is 0.659. The van der Waals surface area contributed by atoms with Crippen LogP contribution in [0.4, 0.5) is 5.69 Å². The maximum absolute atomic E-state index is 5.71. The number of nitrogens with zero attached hydrogens (tertiary/aromatic N) is 1. The topological polar surface area (TPSA) is 52.0 Å². The molecule has 2 N–H and O–H groups in total. The van der Waals surface area contributed by atoms with Gasteiger partial charge in [-0.3, -0.25) is 0 Å². The van der Waals surface area contributed by atoms with E-state index in [0.29, 0.717) is 16.9 Å².